The van der Waals surface area contributed by atoms with Gasteiger partial charge in [0.25, 0.3) is 5.91 Å². The van der Waals surface area contributed by atoms with Gasteiger partial charge in [0.1, 0.15) is 6.33 Å². The largest absolute Gasteiger partial charge is 0.416 e. The maximum Gasteiger partial charge on any atom is 0.416 e. The first-order chi connectivity index (χ1) is 19.7. The van der Waals surface area contributed by atoms with Gasteiger partial charge in [-0.2, -0.15) is 13.2 Å². The van der Waals surface area contributed by atoms with E-state index in [1.165, 1.54) is 18.5 Å². The number of amides is 1. The Labute approximate surface area is 235 Å². The Morgan fingerprint density at radius 2 is 1.90 bits per heavy atom. The predicted molar refractivity (Wildman–Crippen MR) is 150 cm³/mol. The standard InChI is InChI=1S/C29H29F3N8O/c1-18-3-6-22(12-26(18)39-28-36-9-7-25(38-28)21-13-34-17-35-14-21)37-27(41)19-4-5-20(24(11-19)29(30,31)32)15-40-10-8-23(16-40)33-2/h3-7,9,11-14,17,23,33H,8,10,15-16H2,1-2H3,(H,37,41)(H,36,38,39)/t23-/m0/s1. The second-order valence-corrected chi connectivity index (χ2v) is 9.88. The molecule has 1 aliphatic heterocycles. The molecule has 0 saturated carbocycles. The second-order valence-electron chi connectivity index (χ2n) is 9.88. The van der Waals surface area contributed by atoms with Crippen LogP contribution in [0.15, 0.2) is 67.4 Å². The Morgan fingerprint density at radius 1 is 1.10 bits per heavy atom. The number of carbonyl (C=O) groups excluding carboxylic acids is 1. The fourth-order valence-corrected chi connectivity index (χ4v) is 4.74. The van der Waals surface area contributed by atoms with Crippen molar-refractivity contribution < 1.29 is 18.0 Å². The number of benzene rings is 2. The van der Waals surface area contributed by atoms with Crippen LogP contribution in [0.25, 0.3) is 11.3 Å². The molecule has 0 aliphatic carbocycles. The number of anilines is 3. The van der Waals surface area contributed by atoms with Gasteiger partial charge in [-0.3, -0.25) is 9.69 Å². The fraction of sp³-hybridized carbons (Fsp3) is 0.276. The zero-order chi connectivity index (χ0) is 29.0. The Hall–Kier alpha value is -4.42. The van der Waals surface area contributed by atoms with Crippen LogP contribution in [0.2, 0.25) is 0 Å². The van der Waals surface area contributed by atoms with Crippen LogP contribution in [0.3, 0.4) is 0 Å². The van der Waals surface area contributed by atoms with Gasteiger partial charge >= 0.3 is 6.18 Å². The summed E-state index contributed by atoms with van der Waals surface area (Å²) < 4.78 is 42.0. The van der Waals surface area contributed by atoms with Crippen molar-refractivity contribution >= 4 is 23.2 Å². The molecule has 1 atom stereocenters. The summed E-state index contributed by atoms with van der Waals surface area (Å²) in [5.74, 6) is -0.321. The molecule has 1 saturated heterocycles. The van der Waals surface area contributed by atoms with E-state index in [1.54, 1.807) is 42.9 Å². The summed E-state index contributed by atoms with van der Waals surface area (Å²) in [6.07, 6.45) is 2.61. The SMILES string of the molecule is CN[C@H]1CCN(Cc2ccc(C(=O)Nc3ccc(C)c(Nc4nccc(-c5cncnc5)n4)c3)cc2C(F)(F)F)C1. The van der Waals surface area contributed by atoms with Gasteiger partial charge in [0, 0.05) is 66.8 Å². The normalized spacial score (nSPS) is 15.6. The second kappa shape index (κ2) is 12.0. The van der Waals surface area contributed by atoms with Crippen molar-refractivity contribution in [2.24, 2.45) is 0 Å². The van der Waals surface area contributed by atoms with Gasteiger partial charge in [0.2, 0.25) is 5.95 Å². The summed E-state index contributed by atoms with van der Waals surface area (Å²) in [7, 11) is 1.85. The summed E-state index contributed by atoms with van der Waals surface area (Å²) in [6.45, 7) is 3.43. The van der Waals surface area contributed by atoms with Crippen molar-refractivity contribution in [3.05, 3.63) is 89.6 Å². The average Bonchev–Trinajstić information content (AvgIpc) is 3.42. The van der Waals surface area contributed by atoms with Crippen LogP contribution in [-0.4, -0.2) is 56.9 Å². The zero-order valence-corrected chi connectivity index (χ0v) is 22.5. The van der Waals surface area contributed by atoms with E-state index in [2.05, 4.69) is 35.9 Å². The molecular formula is C29H29F3N8O. The first kappa shape index (κ1) is 28.1. The molecule has 2 aromatic heterocycles. The number of aromatic nitrogens is 4. The highest BCUT2D eigenvalue weighted by Crippen LogP contribution is 2.34. The van der Waals surface area contributed by atoms with E-state index in [1.807, 2.05) is 18.9 Å². The number of likely N-dealkylation sites (N-methyl/N-ethyl adjacent to an activating group) is 1. The van der Waals surface area contributed by atoms with E-state index < -0.39 is 17.6 Å². The van der Waals surface area contributed by atoms with Crippen LogP contribution in [0.4, 0.5) is 30.5 Å². The van der Waals surface area contributed by atoms with Crippen LogP contribution < -0.4 is 16.0 Å². The third kappa shape index (κ3) is 6.84. The van der Waals surface area contributed by atoms with Crippen LogP contribution in [-0.2, 0) is 12.7 Å². The van der Waals surface area contributed by atoms with Crippen LogP contribution >= 0.6 is 0 Å². The van der Waals surface area contributed by atoms with Gasteiger partial charge in [-0.1, -0.05) is 12.1 Å². The molecule has 3 heterocycles. The predicted octanol–water partition coefficient (Wildman–Crippen LogP) is 5.05. The molecule has 5 rings (SSSR count). The molecule has 41 heavy (non-hydrogen) atoms. The smallest absolute Gasteiger partial charge is 0.324 e. The number of alkyl halides is 3. The summed E-state index contributed by atoms with van der Waals surface area (Å²) in [6, 6.07) is 10.9. The highest BCUT2D eigenvalue weighted by Gasteiger charge is 2.35. The number of carbonyl (C=O) groups is 1. The van der Waals surface area contributed by atoms with Crippen molar-refractivity contribution in [2.45, 2.75) is 32.1 Å². The molecule has 1 aliphatic rings. The number of likely N-dealkylation sites (tertiary alicyclic amines) is 1. The van der Waals surface area contributed by atoms with Crippen molar-refractivity contribution in [3.8, 4) is 11.3 Å². The van der Waals surface area contributed by atoms with Crippen molar-refractivity contribution in [2.75, 3.05) is 30.8 Å². The third-order valence-electron chi connectivity index (χ3n) is 7.01. The number of hydrogen-bond acceptors (Lipinski definition) is 8. The summed E-state index contributed by atoms with van der Waals surface area (Å²) in [5.41, 5.74) is 2.51. The lowest BCUT2D eigenvalue weighted by atomic mass is 10.0. The highest BCUT2D eigenvalue weighted by molar-refractivity contribution is 6.04. The first-order valence-corrected chi connectivity index (χ1v) is 13.1. The molecule has 9 nitrogen and oxygen atoms in total. The monoisotopic (exact) mass is 562 g/mol. The van der Waals surface area contributed by atoms with Gasteiger partial charge in [-0.05, 0) is 61.9 Å². The van der Waals surface area contributed by atoms with Gasteiger partial charge in [-0.25, -0.2) is 19.9 Å². The minimum Gasteiger partial charge on any atom is -0.324 e. The Kier molecular flexibility index (Phi) is 8.22. The lowest BCUT2D eigenvalue weighted by Crippen LogP contribution is -2.30. The highest BCUT2D eigenvalue weighted by atomic mass is 19.4. The number of rotatable bonds is 8. The van der Waals surface area contributed by atoms with E-state index in [0.717, 1.165) is 23.6 Å². The number of aryl methyl sites for hydroxylation is 1. The molecule has 0 spiro atoms. The van der Waals surface area contributed by atoms with Gasteiger partial charge in [0.15, 0.2) is 0 Å². The Balaban J connectivity index is 1.32. The molecule has 212 valence electrons. The summed E-state index contributed by atoms with van der Waals surface area (Å²) >= 11 is 0. The van der Waals surface area contributed by atoms with Crippen LogP contribution in [0, 0.1) is 6.92 Å². The molecule has 4 aromatic rings. The maximum absolute atomic E-state index is 14.0. The maximum atomic E-state index is 14.0. The minimum atomic E-state index is -4.59. The molecule has 0 radical (unpaired) electrons. The average molecular weight is 563 g/mol. The molecule has 0 bridgehead atoms. The first-order valence-electron chi connectivity index (χ1n) is 13.1. The quantitative estimate of drug-likeness (QED) is 0.274. The van der Waals surface area contributed by atoms with Crippen molar-refractivity contribution in [3.63, 3.8) is 0 Å². The minimum absolute atomic E-state index is 0.0770. The van der Waals surface area contributed by atoms with E-state index in [-0.39, 0.29) is 23.7 Å². The molecule has 1 amide bonds. The number of nitrogens with one attached hydrogen (secondary N) is 3. The topological polar surface area (TPSA) is 108 Å². The number of halogens is 3. The molecule has 1 fully saturated rings. The van der Waals surface area contributed by atoms with Gasteiger partial charge in [0.05, 0.1) is 11.3 Å². The van der Waals surface area contributed by atoms with E-state index in [0.29, 0.717) is 36.1 Å². The van der Waals surface area contributed by atoms with Crippen molar-refractivity contribution in [1.29, 1.82) is 0 Å². The molecule has 12 heteroatoms. The van der Waals surface area contributed by atoms with E-state index in [9.17, 15) is 18.0 Å². The van der Waals surface area contributed by atoms with Gasteiger partial charge in [-0.15, -0.1) is 0 Å². The van der Waals surface area contributed by atoms with E-state index >= 15 is 0 Å². The Morgan fingerprint density at radius 3 is 2.63 bits per heavy atom. The third-order valence-corrected chi connectivity index (χ3v) is 7.01. The van der Waals surface area contributed by atoms with Crippen LogP contribution in [0.5, 0.6) is 0 Å². The van der Waals surface area contributed by atoms with Crippen LogP contribution in [0.1, 0.15) is 33.5 Å². The fourth-order valence-electron chi connectivity index (χ4n) is 4.74. The van der Waals surface area contributed by atoms with E-state index in [4.69, 9.17) is 0 Å². The molecular weight excluding hydrogens is 533 g/mol. The Bertz CT molecular complexity index is 1530. The molecule has 3 N–H and O–H groups in total. The zero-order valence-electron chi connectivity index (χ0n) is 22.5. The van der Waals surface area contributed by atoms with Gasteiger partial charge < -0.3 is 16.0 Å². The summed E-state index contributed by atoms with van der Waals surface area (Å²) in [4.78, 5) is 31.8. The lowest BCUT2D eigenvalue weighted by Gasteiger charge is -2.20. The molecule has 0 unspecified atom stereocenters. The summed E-state index contributed by atoms with van der Waals surface area (Å²) in [5, 5.41) is 9.02. The number of hydrogen-bond donors (Lipinski definition) is 3. The van der Waals surface area contributed by atoms with Crippen molar-refractivity contribution in [1.82, 2.24) is 30.2 Å². The lowest BCUT2D eigenvalue weighted by molar-refractivity contribution is -0.138. The molecule has 2 aromatic carbocycles. The number of nitrogens with zero attached hydrogens (tertiary/aromatic N) is 5.